The molecule has 118 valence electrons. The van der Waals surface area contributed by atoms with Crippen LogP contribution in [0.3, 0.4) is 0 Å². The van der Waals surface area contributed by atoms with Crippen LogP contribution in [0.5, 0.6) is 0 Å². The van der Waals surface area contributed by atoms with E-state index in [1.165, 1.54) is 0 Å². The second-order valence-corrected chi connectivity index (χ2v) is 5.30. The molecule has 0 aliphatic carbocycles. The number of ether oxygens (including phenoxy) is 3. The van der Waals surface area contributed by atoms with Crippen LogP contribution in [-0.2, 0) is 23.8 Å². The van der Waals surface area contributed by atoms with E-state index < -0.39 is 61.3 Å². The average Bonchev–Trinajstić information content (AvgIpc) is 2.53. The van der Waals surface area contributed by atoms with Gasteiger partial charge in [-0.1, -0.05) is 15.9 Å². The van der Waals surface area contributed by atoms with E-state index in [0.29, 0.717) is 0 Å². The molecule has 1 unspecified atom stereocenters. The van der Waals surface area contributed by atoms with Gasteiger partial charge in [-0.15, -0.1) is 12.3 Å². The van der Waals surface area contributed by atoms with E-state index in [-0.39, 0.29) is 6.42 Å². The highest BCUT2D eigenvalue weighted by atomic mass is 79.9. The first-order chi connectivity index (χ1) is 10.8. The summed E-state index contributed by atoms with van der Waals surface area (Å²) in [5, 5.41) is 19.3. The van der Waals surface area contributed by atoms with Crippen molar-refractivity contribution in [2.24, 2.45) is 0 Å². The largest absolute Gasteiger partial charge is 0.456 e. The molecule has 21 heavy (non-hydrogen) atoms. The van der Waals surface area contributed by atoms with Gasteiger partial charge in [0.25, 0.3) is 0 Å². The van der Waals surface area contributed by atoms with Crippen molar-refractivity contribution in [1.29, 1.82) is 0 Å². The van der Waals surface area contributed by atoms with Crippen LogP contribution in [-0.4, -0.2) is 57.7 Å². The minimum Gasteiger partial charge on any atom is -0.456 e. The third-order valence-corrected chi connectivity index (χ3v) is 3.64. The van der Waals surface area contributed by atoms with Crippen molar-refractivity contribution in [3.8, 4) is 12.3 Å². The highest BCUT2D eigenvalue weighted by Gasteiger charge is 2.58. The lowest BCUT2D eigenvalue weighted by molar-refractivity contribution is -0.264. The van der Waals surface area contributed by atoms with E-state index in [1.54, 1.807) is 0 Å². The summed E-state index contributed by atoms with van der Waals surface area (Å²) in [5.41, 5.74) is -2.05. The van der Waals surface area contributed by atoms with E-state index >= 15 is 0 Å². The van der Waals surface area contributed by atoms with Crippen LogP contribution in [0.25, 0.3) is 0 Å². The van der Waals surface area contributed by atoms with Crippen LogP contribution >= 0.6 is 15.9 Å². The monoisotopic (exact) mass is 366 g/mol. The number of aliphatic hydroxyl groups excluding tert-OH is 1. The molecule has 5 atom stereocenters. The predicted molar refractivity (Wildman–Crippen MR) is 74.2 cm³/mol. The first-order valence-electron chi connectivity index (χ1n) is 7.29. The molecule has 1 rings (SSSR count). The molecule has 0 aromatic heterocycles. The Bertz CT molecular complexity index is 483. The zero-order chi connectivity index (χ0) is 17.6. The molecule has 0 aromatic carbocycles. The number of rotatable bonds is 4. The molecule has 1 saturated heterocycles. The molecule has 0 spiro atoms. The standard InChI is InChI=1S/C13H17BrO7/c1-4-5-13(18)10(19-7(2)16)9(6-15)21-12(14)11(13)20-8(3)17/h1,9-12,15,18H,5-6H2,2-3H3/t9-,10-,11+,12?,13+/m1/s1/i2D,3D. The van der Waals surface area contributed by atoms with Gasteiger partial charge in [-0.3, -0.25) is 9.59 Å². The van der Waals surface area contributed by atoms with Crippen molar-refractivity contribution in [3.05, 3.63) is 0 Å². The summed E-state index contributed by atoms with van der Waals surface area (Å²) in [6.07, 6.45) is 0.912. The van der Waals surface area contributed by atoms with Crippen molar-refractivity contribution in [2.75, 3.05) is 6.61 Å². The number of aliphatic hydroxyl groups is 2. The third kappa shape index (κ3) is 3.95. The maximum Gasteiger partial charge on any atom is 0.303 e. The highest BCUT2D eigenvalue weighted by molar-refractivity contribution is 9.09. The molecule has 0 saturated carbocycles. The summed E-state index contributed by atoms with van der Waals surface area (Å²) < 4.78 is 29.3. The lowest BCUT2D eigenvalue weighted by Gasteiger charge is -2.48. The van der Waals surface area contributed by atoms with Crippen molar-refractivity contribution >= 4 is 27.9 Å². The molecule has 1 aliphatic rings. The van der Waals surface area contributed by atoms with Gasteiger partial charge in [-0.25, -0.2) is 0 Å². The third-order valence-electron chi connectivity index (χ3n) is 2.95. The molecule has 0 bridgehead atoms. The molecular formula is C13H17BrO7. The summed E-state index contributed by atoms with van der Waals surface area (Å²) in [4.78, 5) is 22.9. The quantitative estimate of drug-likeness (QED) is 0.400. The van der Waals surface area contributed by atoms with Crippen molar-refractivity contribution < 1.29 is 36.8 Å². The molecule has 0 amide bonds. The minimum absolute atomic E-state index is 0.374. The van der Waals surface area contributed by atoms with Crippen LogP contribution in [0, 0.1) is 12.3 Å². The molecule has 1 aliphatic heterocycles. The zero-order valence-corrected chi connectivity index (χ0v) is 12.6. The van der Waals surface area contributed by atoms with E-state index in [1.807, 2.05) is 0 Å². The molecule has 7 nitrogen and oxygen atoms in total. The highest BCUT2D eigenvalue weighted by Crippen LogP contribution is 2.38. The molecule has 0 radical (unpaired) electrons. The molecule has 0 aromatic rings. The van der Waals surface area contributed by atoms with E-state index in [0.717, 1.165) is 0 Å². The van der Waals surface area contributed by atoms with E-state index in [4.69, 9.17) is 23.4 Å². The van der Waals surface area contributed by atoms with Gasteiger partial charge in [0.05, 0.1) is 6.61 Å². The lowest BCUT2D eigenvalue weighted by Crippen LogP contribution is -2.67. The number of terminal acetylenes is 1. The number of carbonyl (C=O) groups excluding carboxylic acids is 2. The number of carbonyl (C=O) groups is 2. The summed E-state index contributed by atoms with van der Waals surface area (Å²) >= 11 is 3.07. The maximum absolute atomic E-state index is 11.4. The van der Waals surface area contributed by atoms with Gasteiger partial charge in [-0.05, 0) is 0 Å². The second-order valence-electron chi connectivity index (χ2n) is 4.40. The summed E-state index contributed by atoms with van der Waals surface area (Å²) in [6, 6.07) is 0. The fourth-order valence-corrected chi connectivity index (χ4v) is 2.98. The van der Waals surface area contributed by atoms with Gasteiger partial charge in [0.1, 0.15) is 6.10 Å². The molecule has 1 fully saturated rings. The Morgan fingerprint density at radius 3 is 2.48 bits per heavy atom. The van der Waals surface area contributed by atoms with Crippen LogP contribution in [0.1, 0.15) is 23.0 Å². The van der Waals surface area contributed by atoms with E-state index in [2.05, 4.69) is 21.9 Å². The predicted octanol–water partition coefficient (Wildman–Crippen LogP) is -0.284. The topological polar surface area (TPSA) is 102 Å². The van der Waals surface area contributed by atoms with Crippen LogP contribution in [0.4, 0.5) is 0 Å². The first-order valence-corrected chi connectivity index (χ1v) is 6.79. The summed E-state index contributed by atoms with van der Waals surface area (Å²) in [5.74, 6) is 0.296. The zero-order valence-electron chi connectivity index (χ0n) is 13.0. The van der Waals surface area contributed by atoms with Crippen LogP contribution in [0.15, 0.2) is 0 Å². The normalized spacial score (nSPS) is 36.9. The van der Waals surface area contributed by atoms with Crippen molar-refractivity contribution in [3.63, 3.8) is 0 Å². The Balaban J connectivity index is 3.21. The fraction of sp³-hybridized carbons (Fsp3) is 0.692. The number of esters is 2. The van der Waals surface area contributed by atoms with Gasteiger partial charge >= 0.3 is 11.9 Å². The molecule has 8 heteroatoms. The Morgan fingerprint density at radius 1 is 1.43 bits per heavy atom. The van der Waals surface area contributed by atoms with Crippen LogP contribution < -0.4 is 0 Å². The SMILES string of the molecule is [2H]CC(=O)O[C@@H]1[C@@H](CO)OC(Br)[C@H](OC(=O)C[2H])[C@]1(O)CC#C. The van der Waals surface area contributed by atoms with Crippen molar-refractivity contribution in [2.45, 2.75) is 49.1 Å². The summed E-state index contributed by atoms with van der Waals surface area (Å²) in [7, 11) is 0. The molecule has 1 heterocycles. The average molecular weight is 367 g/mol. The Kier molecular flexibility index (Phi) is 5.08. The van der Waals surface area contributed by atoms with Crippen LogP contribution in [0.2, 0.25) is 0 Å². The number of alkyl halides is 1. The van der Waals surface area contributed by atoms with Gasteiger partial charge < -0.3 is 24.4 Å². The number of hydrogen-bond acceptors (Lipinski definition) is 7. The smallest absolute Gasteiger partial charge is 0.303 e. The Morgan fingerprint density at radius 2 is 2.00 bits per heavy atom. The summed E-state index contributed by atoms with van der Waals surface area (Å²) in [6.45, 7) is -2.01. The second kappa shape index (κ2) is 7.22. The Hall–Kier alpha value is -1.14. The van der Waals surface area contributed by atoms with Gasteiger partial charge in [-0.2, -0.15) is 0 Å². The van der Waals surface area contributed by atoms with Crippen molar-refractivity contribution in [1.82, 2.24) is 0 Å². The maximum atomic E-state index is 11.4. The minimum atomic E-state index is -2.05. The number of halogens is 1. The first kappa shape index (κ1) is 14.8. The van der Waals surface area contributed by atoms with Gasteiger partial charge in [0.2, 0.25) is 0 Å². The lowest BCUT2D eigenvalue weighted by atomic mass is 9.82. The number of hydrogen-bond donors (Lipinski definition) is 2. The fourth-order valence-electron chi connectivity index (χ4n) is 2.14. The Labute approximate surface area is 133 Å². The molecule has 2 N–H and O–H groups in total. The van der Waals surface area contributed by atoms with Gasteiger partial charge in [0, 0.05) is 23.0 Å². The molecular weight excluding hydrogens is 348 g/mol. The van der Waals surface area contributed by atoms with E-state index in [9.17, 15) is 19.8 Å². The van der Waals surface area contributed by atoms with Gasteiger partial charge in [0.15, 0.2) is 22.8 Å².